The first-order valence-corrected chi connectivity index (χ1v) is 13.3. The fraction of sp³-hybridized carbons (Fsp3) is 0.118. The first kappa shape index (κ1) is 29.5. The first-order chi connectivity index (χ1) is 20.3. The summed E-state index contributed by atoms with van der Waals surface area (Å²) < 4.78 is 0. The SMILES string of the molecule is O=C(N[C@@H](Cc1ccccc1)C(=O)O)c1ccc(/C=C/c2ccc(C(=O)N[C@H](Cc3ccccc3)C(=O)O)cc2)cc1. The third kappa shape index (κ3) is 8.50. The zero-order valence-corrected chi connectivity index (χ0v) is 22.6. The summed E-state index contributed by atoms with van der Waals surface area (Å²) in [5, 5.41) is 24.3. The highest BCUT2D eigenvalue weighted by molar-refractivity contribution is 5.97. The van der Waals surface area contributed by atoms with E-state index >= 15 is 0 Å². The number of nitrogens with one attached hydrogen (secondary N) is 2. The van der Waals surface area contributed by atoms with E-state index in [1.165, 1.54) is 0 Å². The van der Waals surface area contributed by atoms with Crippen LogP contribution in [0.15, 0.2) is 109 Å². The van der Waals surface area contributed by atoms with Crippen molar-refractivity contribution in [2.45, 2.75) is 24.9 Å². The van der Waals surface area contributed by atoms with Crippen molar-refractivity contribution in [2.75, 3.05) is 0 Å². The second-order valence-corrected chi connectivity index (χ2v) is 9.69. The smallest absolute Gasteiger partial charge is 0.326 e. The molecule has 0 radical (unpaired) electrons. The lowest BCUT2D eigenvalue weighted by Crippen LogP contribution is -2.42. The van der Waals surface area contributed by atoms with Crippen LogP contribution in [-0.4, -0.2) is 46.0 Å². The van der Waals surface area contributed by atoms with Crippen molar-refractivity contribution >= 4 is 35.9 Å². The van der Waals surface area contributed by atoms with E-state index < -0.39 is 35.8 Å². The number of hydrogen-bond acceptors (Lipinski definition) is 4. The molecule has 0 fully saturated rings. The van der Waals surface area contributed by atoms with Gasteiger partial charge in [0.15, 0.2) is 0 Å². The topological polar surface area (TPSA) is 133 Å². The number of carbonyl (C=O) groups is 4. The second-order valence-electron chi connectivity index (χ2n) is 9.69. The van der Waals surface area contributed by atoms with Crippen molar-refractivity contribution in [3.63, 3.8) is 0 Å². The van der Waals surface area contributed by atoms with Gasteiger partial charge < -0.3 is 20.8 Å². The zero-order chi connectivity index (χ0) is 29.9. The van der Waals surface area contributed by atoms with Gasteiger partial charge >= 0.3 is 11.9 Å². The molecule has 0 heterocycles. The Morgan fingerprint density at radius 3 is 1.17 bits per heavy atom. The Morgan fingerprint density at radius 1 is 0.524 bits per heavy atom. The molecule has 42 heavy (non-hydrogen) atoms. The number of benzene rings is 4. The van der Waals surface area contributed by atoms with E-state index in [9.17, 15) is 29.4 Å². The van der Waals surface area contributed by atoms with Gasteiger partial charge in [0.05, 0.1) is 0 Å². The van der Waals surface area contributed by atoms with E-state index in [0.29, 0.717) is 11.1 Å². The Labute approximate surface area is 243 Å². The molecule has 0 bridgehead atoms. The zero-order valence-electron chi connectivity index (χ0n) is 22.6. The molecule has 0 spiro atoms. The van der Waals surface area contributed by atoms with Crippen molar-refractivity contribution in [2.24, 2.45) is 0 Å². The highest BCUT2D eigenvalue weighted by Crippen LogP contribution is 2.13. The molecule has 0 aliphatic heterocycles. The summed E-state index contributed by atoms with van der Waals surface area (Å²) in [5.74, 6) is -3.17. The Hall–Kier alpha value is -5.50. The monoisotopic (exact) mass is 562 g/mol. The fourth-order valence-electron chi connectivity index (χ4n) is 4.27. The molecular formula is C34H30N2O6. The maximum Gasteiger partial charge on any atom is 0.326 e. The maximum atomic E-state index is 12.7. The van der Waals surface area contributed by atoms with Crippen molar-refractivity contribution < 1.29 is 29.4 Å². The summed E-state index contributed by atoms with van der Waals surface area (Å²) >= 11 is 0. The number of amides is 2. The number of rotatable bonds is 12. The lowest BCUT2D eigenvalue weighted by atomic mass is 10.0. The predicted molar refractivity (Wildman–Crippen MR) is 160 cm³/mol. The molecule has 0 saturated heterocycles. The molecule has 0 aromatic heterocycles. The number of hydrogen-bond donors (Lipinski definition) is 4. The highest BCUT2D eigenvalue weighted by atomic mass is 16.4. The van der Waals surface area contributed by atoms with Gasteiger partial charge in [-0.2, -0.15) is 0 Å². The molecular weight excluding hydrogens is 532 g/mol. The number of carboxylic acid groups (broad SMARTS) is 2. The molecule has 0 unspecified atom stereocenters. The quantitative estimate of drug-likeness (QED) is 0.185. The Bertz CT molecular complexity index is 1430. The van der Waals surface area contributed by atoms with Crippen molar-refractivity contribution in [3.8, 4) is 0 Å². The van der Waals surface area contributed by atoms with Gasteiger partial charge in [0.2, 0.25) is 0 Å². The molecule has 4 rings (SSSR count). The van der Waals surface area contributed by atoms with E-state index in [-0.39, 0.29) is 12.8 Å². The van der Waals surface area contributed by atoms with E-state index in [1.807, 2.05) is 72.8 Å². The third-order valence-electron chi connectivity index (χ3n) is 6.59. The van der Waals surface area contributed by atoms with Crippen molar-refractivity contribution in [1.82, 2.24) is 10.6 Å². The largest absolute Gasteiger partial charge is 0.480 e. The van der Waals surface area contributed by atoms with Crippen LogP contribution in [0.2, 0.25) is 0 Å². The molecule has 2 atom stereocenters. The van der Waals surface area contributed by atoms with E-state index in [0.717, 1.165) is 22.3 Å². The van der Waals surface area contributed by atoms with Crippen LogP contribution in [0, 0.1) is 0 Å². The van der Waals surface area contributed by atoms with Gasteiger partial charge in [-0.05, 0) is 46.5 Å². The first-order valence-electron chi connectivity index (χ1n) is 13.3. The van der Waals surface area contributed by atoms with Crippen LogP contribution < -0.4 is 10.6 Å². The maximum absolute atomic E-state index is 12.7. The molecule has 0 aliphatic rings. The summed E-state index contributed by atoms with van der Waals surface area (Å²) in [7, 11) is 0. The molecule has 4 N–H and O–H groups in total. The highest BCUT2D eigenvalue weighted by Gasteiger charge is 2.22. The number of carboxylic acids is 2. The minimum absolute atomic E-state index is 0.178. The average molecular weight is 563 g/mol. The molecule has 2 amide bonds. The summed E-state index contributed by atoms with van der Waals surface area (Å²) in [5.41, 5.74) is 3.94. The Balaban J connectivity index is 1.33. The van der Waals surface area contributed by atoms with Crippen LogP contribution in [0.5, 0.6) is 0 Å². The van der Waals surface area contributed by atoms with E-state index in [1.54, 1.807) is 48.5 Å². The standard InChI is InChI=1S/C34H30N2O6/c37-31(35-29(33(39)40)21-25-7-3-1-4-8-25)27-17-13-23(14-18-27)11-12-24-15-19-28(20-16-24)32(38)36-30(34(41)42)22-26-9-5-2-6-10-26/h1-20,29-30H,21-22H2,(H,35,37)(H,36,38)(H,39,40)(H,41,42)/b12-11+/t29-,30+. The van der Waals surface area contributed by atoms with Crippen molar-refractivity contribution in [1.29, 1.82) is 0 Å². The fourth-order valence-corrected chi connectivity index (χ4v) is 4.27. The van der Waals surface area contributed by atoms with Crippen molar-refractivity contribution in [3.05, 3.63) is 143 Å². The molecule has 0 saturated carbocycles. The Morgan fingerprint density at radius 2 is 0.857 bits per heavy atom. The average Bonchev–Trinajstić information content (AvgIpc) is 3.00. The van der Waals surface area contributed by atoms with Crippen LogP contribution in [0.3, 0.4) is 0 Å². The lowest BCUT2D eigenvalue weighted by Gasteiger charge is -2.15. The van der Waals surface area contributed by atoms with Gasteiger partial charge in [-0.1, -0.05) is 97.1 Å². The molecule has 4 aromatic carbocycles. The van der Waals surface area contributed by atoms with Gasteiger partial charge in [-0.3, -0.25) is 9.59 Å². The molecule has 0 aliphatic carbocycles. The number of carbonyl (C=O) groups excluding carboxylic acids is 2. The van der Waals surface area contributed by atoms with Crippen LogP contribution in [0.25, 0.3) is 12.2 Å². The Kier molecular flexibility index (Phi) is 9.99. The summed E-state index contributed by atoms with van der Waals surface area (Å²) in [6, 6.07) is 29.6. The summed E-state index contributed by atoms with van der Waals surface area (Å²) in [6.07, 6.45) is 4.03. The summed E-state index contributed by atoms with van der Waals surface area (Å²) in [6.45, 7) is 0. The van der Waals surface area contributed by atoms with Gasteiger partial charge in [-0.25, -0.2) is 9.59 Å². The van der Waals surface area contributed by atoms with Crippen LogP contribution in [0.1, 0.15) is 43.0 Å². The third-order valence-corrected chi connectivity index (χ3v) is 6.59. The normalized spacial score (nSPS) is 12.3. The number of aliphatic carboxylic acids is 2. The van der Waals surface area contributed by atoms with Gasteiger partial charge in [-0.15, -0.1) is 0 Å². The van der Waals surface area contributed by atoms with E-state index in [4.69, 9.17) is 0 Å². The molecule has 212 valence electrons. The van der Waals surface area contributed by atoms with Crippen LogP contribution in [-0.2, 0) is 22.4 Å². The molecule has 4 aromatic rings. The summed E-state index contributed by atoms with van der Waals surface area (Å²) in [4.78, 5) is 48.7. The van der Waals surface area contributed by atoms with Gasteiger partial charge in [0, 0.05) is 24.0 Å². The van der Waals surface area contributed by atoms with Crippen LogP contribution in [0.4, 0.5) is 0 Å². The molecule has 8 nitrogen and oxygen atoms in total. The minimum Gasteiger partial charge on any atom is -0.480 e. The predicted octanol–water partition coefficient (Wildman–Crippen LogP) is 4.71. The van der Waals surface area contributed by atoms with Gasteiger partial charge in [0.1, 0.15) is 12.1 Å². The second kappa shape index (κ2) is 14.2. The lowest BCUT2D eigenvalue weighted by molar-refractivity contribution is -0.140. The van der Waals surface area contributed by atoms with Gasteiger partial charge in [0.25, 0.3) is 11.8 Å². The molecule has 8 heteroatoms. The van der Waals surface area contributed by atoms with Crippen LogP contribution >= 0.6 is 0 Å². The minimum atomic E-state index is -1.11. The van der Waals surface area contributed by atoms with E-state index in [2.05, 4.69) is 10.6 Å².